The summed E-state index contributed by atoms with van der Waals surface area (Å²) in [7, 11) is 1.44. The molecule has 0 radical (unpaired) electrons. The number of rotatable bonds is 16. The third kappa shape index (κ3) is 16.1. The number of carbonyl (C=O) groups excluding carboxylic acids is 1. The number of methoxy groups -OCH3 is 1. The van der Waals surface area contributed by atoms with Crippen LogP contribution in [0.2, 0.25) is 0 Å². The minimum Gasteiger partial charge on any atom is -0.468 e. The Morgan fingerprint density at radius 1 is 0.783 bits per heavy atom. The van der Waals surface area contributed by atoms with Crippen LogP contribution in [-0.4, -0.2) is 25.7 Å². The molecule has 1 atom stereocenters. The fourth-order valence-electron chi connectivity index (χ4n) is 2.85. The highest BCUT2D eigenvalue weighted by Crippen LogP contribution is 2.13. The highest BCUT2D eigenvalue weighted by atomic mass is 16.5. The average molecular weight is 328 g/mol. The van der Waals surface area contributed by atoms with E-state index >= 15 is 0 Å². The van der Waals surface area contributed by atoms with E-state index in [-0.39, 0.29) is 12.0 Å². The minimum absolute atomic E-state index is 0.172. The number of esters is 1. The van der Waals surface area contributed by atoms with Crippen molar-refractivity contribution in [2.24, 2.45) is 5.92 Å². The lowest BCUT2D eigenvalue weighted by Gasteiger charge is -2.10. The highest BCUT2D eigenvalue weighted by molar-refractivity contribution is 5.74. The van der Waals surface area contributed by atoms with Gasteiger partial charge in [-0.05, 0) is 25.8 Å². The molecular weight excluding hydrogens is 286 g/mol. The molecule has 1 N–H and O–H groups in total. The van der Waals surface area contributed by atoms with E-state index in [9.17, 15) is 4.79 Å². The van der Waals surface area contributed by atoms with Crippen LogP contribution in [0.4, 0.5) is 0 Å². The van der Waals surface area contributed by atoms with Gasteiger partial charge < -0.3 is 10.1 Å². The van der Waals surface area contributed by atoms with Crippen LogP contribution in [0, 0.1) is 5.92 Å². The molecule has 0 aromatic rings. The molecule has 23 heavy (non-hydrogen) atoms. The quantitative estimate of drug-likeness (QED) is 0.301. The van der Waals surface area contributed by atoms with Crippen LogP contribution >= 0.6 is 0 Å². The summed E-state index contributed by atoms with van der Waals surface area (Å²) in [5.41, 5.74) is 0. The maximum Gasteiger partial charge on any atom is 0.322 e. The second-order valence-corrected chi connectivity index (χ2v) is 7.27. The number of nitrogens with one attached hydrogen (secondary N) is 1. The Morgan fingerprint density at radius 2 is 1.22 bits per heavy atom. The van der Waals surface area contributed by atoms with E-state index in [4.69, 9.17) is 0 Å². The van der Waals surface area contributed by atoms with Crippen molar-refractivity contribution < 1.29 is 9.53 Å². The lowest BCUT2D eigenvalue weighted by molar-refractivity contribution is -0.142. The van der Waals surface area contributed by atoms with Crippen LogP contribution in [0.3, 0.4) is 0 Å². The van der Waals surface area contributed by atoms with Gasteiger partial charge in [-0.2, -0.15) is 0 Å². The molecule has 3 heteroatoms. The second kappa shape index (κ2) is 16.3. The van der Waals surface area contributed by atoms with Gasteiger partial charge in [0.25, 0.3) is 0 Å². The molecule has 0 aromatic carbocycles. The average Bonchev–Trinajstić information content (AvgIpc) is 2.53. The first-order valence-corrected chi connectivity index (χ1v) is 9.89. The molecule has 3 nitrogen and oxygen atoms in total. The van der Waals surface area contributed by atoms with Crippen molar-refractivity contribution in [1.82, 2.24) is 5.32 Å². The maximum atomic E-state index is 11.2. The van der Waals surface area contributed by atoms with Crippen molar-refractivity contribution in [1.29, 1.82) is 0 Å². The van der Waals surface area contributed by atoms with Gasteiger partial charge >= 0.3 is 5.97 Å². The fraction of sp³-hybridized carbons (Fsp3) is 0.950. The Hall–Kier alpha value is -0.570. The number of hydrogen-bond acceptors (Lipinski definition) is 3. The summed E-state index contributed by atoms with van der Waals surface area (Å²) in [6, 6.07) is -0.180. The molecule has 0 saturated heterocycles. The topological polar surface area (TPSA) is 38.3 Å². The van der Waals surface area contributed by atoms with Crippen molar-refractivity contribution in [2.45, 2.75) is 104 Å². The van der Waals surface area contributed by atoms with E-state index in [2.05, 4.69) is 23.9 Å². The van der Waals surface area contributed by atoms with Crippen LogP contribution in [-0.2, 0) is 9.53 Å². The zero-order valence-electron chi connectivity index (χ0n) is 16.2. The molecule has 1 unspecified atom stereocenters. The molecule has 0 fully saturated rings. The normalized spacial score (nSPS) is 12.6. The minimum atomic E-state index is -0.180. The maximum absolute atomic E-state index is 11.2. The first-order chi connectivity index (χ1) is 11.1. The lowest BCUT2D eigenvalue weighted by atomic mass is 10.0. The van der Waals surface area contributed by atoms with Crippen LogP contribution < -0.4 is 5.32 Å². The smallest absolute Gasteiger partial charge is 0.322 e. The van der Waals surface area contributed by atoms with Gasteiger partial charge in [0.2, 0.25) is 0 Å². The molecule has 0 aromatic heterocycles. The predicted octanol–water partition coefficient (Wildman–Crippen LogP) is 5.47. The largest absolute Gasteiger partial charge is 0.468 e. The molecule has 0 heterocycles. The molecule has 0 saturated carbocycles. The van der Waals surface area contributed by atoms with Gasteiger partial charge in [-0.3, -0.25) is 4.79 Å². The summed E-state index contributed by atoms with van der Waals surface area (Å²) in [6.45, 7) is 7.40. The third-order valence-corrected chi connectivity index (χ3v) is 4.46. The summed E-state index contributed by atoms with van der Waals surface area (Å²) in [5.74, 6) is 0.697. The Balaban J connectivity index is 3.12. The van der Waals surface area contributed by atoms with E-state index in [1.165, 1.54) is 77.7 Å². The van der Waals surface area contributed by atoms with Crippen LogP contribution in [0.15, 0.2) is 0 Å². The third-order valence-electron chi connectivity index (χ3n) is 4.46. The van der Waals surface area contributed by atoms with Gasteiger partial charge in [0.1, 0.15) is 6.04 Å². The number of unbranched alkanes of at least 4 members (excludes halogenated alkanes) is 10. The molecule has 0 aliphatic carbocycles. The van der Waals surface area contributed by atoms with Gasteiger partial charge in [0, 0.05) is 0 Å². The zero-order chi connectivity index (χ0) is 17.3. The first-order valence-electron chi connectivity index (χ1n) is 9.89. The molecular formula is C20H41NO2. The van der Waals surface area contributed by atoms with E-state index in [0.717, 1.165) is 18.9 Å². The number of ether oxygens (including phenoxy) is 1. The molecule has 138 valence electrons. The Bertz CT molecular complexity index is 266. The van der Waals surface area contributed by atoms with Crippen LogP contribution in [0.1, 0.15) is 97.8 Å². The fourth-order valence-corrected chi connectivity index (χ4v) is 2.85. The summed E-state index contributed by atoms with van der Waals surface area (Å²) < 4.78 is 4.68. The standard InChI is InChI=1S/C20H41NO2/c1-18(2)16-14-12-10-8-6-5-7-9-11-13-15-17-21-19(3)20(22)23-4/h18-19,21H,5-17H2,1-4H3. The van der Waals surface area contributed by atoms with E-state index < -0.39 is 0 Å². The molecule has 0 aliphatic rings. The van der Waals surface area contributed by atoms with Crippen molar-refractivity contribution >= 4 is 5.97 Å². The summed E-state index contributed by atoms with van der Waals surface area (Å²) >= 11 is 0. The van der Waals surface area contributed by atoms with Gasteiger partial charge in [-0.1, -0.05) is 84.5 Å². The Labute approximate surface area is 144 Å². The molecule has 0 amide bonds. The van der Waals surface area contributed by atoms with Gasteiger partial charge in [0.05, 0.1) is 7.11 Å². The highest BCUT2D eigenvalue weighted by Gasteiger charge is 2.10. The van der Waals surface area contributed by atoms with Gasteiger partial charge in [0.15, 0.2) is 0 Å². The summed E-state index contributed by atoms with van der Waals surface area (Å²) in [6.07, 6.45) is 16.4. The monoisotopic (exact) mass is 327 g/mol. The van der Waals surface area contributed by atoms with Crippen molar-refractivity contribution in [2.75, 3.05) is 13.7 Å². The van der Waals surface area contributed by atoms with Crippen molar-refractivity contribution in [3.63, 3.8) is 0 Å². The Kier molecular flexibility index (Phi) is 15.9. The van der Waals surface area contributed by atoms with E-state index in [0.29, 0.717) is 0 Å². The number of carbonyl (C=O) groups is 1. The predicted molar refractivity (Wildman–Crippen MR) is 99.7 cm³/mol. The van der Waals surface area contributed by atoms with E-state index in [1.54, 1.807) is 0 Å². The molecule has 0 aliphatic heterocycles. The molecule has 0 bridgehead atoms. The summed E-state index contributed by atoms with van der Waals surface area (Å²) in [4.78, 5) is 11.2. The SMILES string of the molecule is COC(=O)C(C)NCCCCCCCCCCCCCC(C)C. The van der Waals surface area contributed by atoms with Crippen LogP contribution in [0.25, 0.3) is 0 Å². The molecule has 0 rings (SSSR count). The Morgan fingerprint density at radius 3 is 1.65 bits per heavy atom. The van der Waals surface area contributed by atoms with E-state index in [1.807, 2.05) is 6.92 Å². The first kappa shape index (κ1) is 22.4. The molecule has 0 spiro atoms. The zero-order valence-corrected chi connectivity index (χ0v) is 16.2. The number of hydrogen-bond donors (Lipinski definition) is 1. The van der Waals surface area contributed by atoms with Crippen molar-refractivity contribution in [3.8, 4) is 0 Å². The second-order valence-electron chi connectivity index (χ2n) is 7.27. The lowest BCUT2D eigenvalue weighted by Crippen LogP contribution is -2.35. The van der Waals surface area contributed by atoms with Crippen molar-refractivity contribution in [3.05, 3.63) is 0 Å². The van der Waals surface area contributed by atoms with Crippen LogP contribution in [0.5, 0.6) is 0 Å². The summed E-state index contributed by atoms with van der Waals surface area (Å²) in [5, 5.41) is 3.20. The van der Waals surface area contributed by atoms with Gasteiger partial charge in [-0.25, -0.2) is 0 Å². The van der Waals surface area contributed by atoms with Gasteiger partial charge in [-0.15, -0.1) is 0 Å².